The minimum Gasteiger partial charge on any atom is -0.493 e. The topological polar surface area (TPSA) is 38.7 Å². The summed E-state index contributed by atoms with van der Waals surface area (Å²) in [5, 5.41) is 10.3. The van der Waals surface area contributed by atoms with Crippen LogP contribution < -0.4 is 9.47 Å². The first-order valence-corrected chi connectivity index (χ1v) is 6.29. The number of hydrogen-bond acceptors (Lipinski definition) is 3. The summed E-state index contributed by atoms with van der Waals surface area (Å²) in [6, 6.07) is 11.7. The van der Waals surface area contributed by atoms with Crippen molar-refractivity contribution in [3.63, 3.8) is 0 Å². The maximum Gasteiger partial charge on any atom is 0.166 e. The van der Waals surface area contributed by atoms with Gasteiger partial charge in [0.2, 0.25) is 0 Å². The lowest BCUT2D eigenvalue weighted by atomic mass is 10.00. The molecule has 2 aromatic carbocycles. The molecule has 4 heteroatoms. The van der Waals surface area contributed by atoms with Gasteiger partial charge in [0.05, 0.1) is 20.3 Å². The van der Waals surface area contributed by atoms with Crippen molar-refractivity contribution in [3.8, 4) is 11.5 Å². The highest BCUT2D eigenvalue weighted by atomic mass is 19.1. The summed E-state index contributed by atoms with van der Waals surface area (Å²) in [6.07, 6.45) is -0.687. The van der Waals surface area contributed by atoms with Crippen molar-refractivity contribution >= 4 is 0 Å². The van der Waals surface area contributed by atoms with Gasteiger partial charge in [-0.05, 0) is 17.7 Å². The molecule has 1 atom stereocenters. The molecule has 0 heterocycles. The normalized spacial score (nSPS) is 12.0. The number of halogens is 1. The van der Waals surface area contributed by atoms with Gasteiger partial charge in [0.15, 0.2) is 11.5 Å². The van der Waals surface area contributed by atoms with Crippen LogP contribution in [-0.4, -0.2) is 19.3 Å². The molecule has 0 spiro atoms. The molecule has 1 N–H and O–H groups in total. The lowest BCUT2D eigenvalue weighted by Crippen LogP contribution is -2.06. The van der Waals surface area contributed by atoms with Crippen LogP contribution in [0.5, 0.6) is 11.5 Å². The first kappa shape index (κ1) is 14.3. The van der Waals surface area contributed by atoms with Gasteiger partial charge < -0.3 is 14.6 Å². The molecule has 0 amide bonds. The Morgan fingerprint density at radius 1 is 1.05 bits per heavy atom. The second-order valence-corrected chi connectivity index (χ2v) is 4.39. The summed E-state index contributed by atoms with van der Waals surface area (Å²) in [5.41, 5.74) is 1.04. The van der Waals surface area contributed by atoms with Crippen LogP contribution in [0, 0.1) is 5.82 Å². The van der Waals surface area contributed by atoms with Gasteiger partial charge in [-0.1, -0.05) is 30.3 Å². The van der Waals surface area contributed by atoms with Crippen LogP contribution in [0.4, 0.5) is 4.39 Å². The number of aliphatic hydroxyl groups excluding tert-OH is 1. The molecule has 0 aliphatic rings. The van der Waals surface area contributed by atoms with Gasteiger partial charge >= 0.3 is 0 Å². The number of hydrogen-bond donors (Lipinski definition) is 1. The van der Waals surface area contributed by atoms with E-state index < -0.39 is 6.10 Å². The zero-order valence-corrected chi connectivity index (χ0v) is 11.5. The van der Waals surface area contributed by atoms with Gasteiger partial charge in [-0.3, -0.25) is 0 Å². The zero-order chi connectivity index (χ0) is 14.5. The minimum atomic E-state index is -0.864. The van der Waals surface area contributed by atoms with Crippen LogP contribution in [0.3, 0.4) is 0 Å². The van der Waals surface area contributed by atoms with Crippen molar-refractivity contribution in [2.45, 2.75) is 12.5 Å². The SMILES string of the molecule is COc1cccc(C(O)Cc2ccccc2F)c1OC. The van der Waals surface area contributed by atoms with E-state index in [1.807, 2.05) is 0 Å². The molecule has 2 aromatic rings. The Labute approximate surface area is 117 Å². The van der Waals surface area contributed by atoms with E-state index in [9.17, 15) is 9.50 Å². The van der Waals surface area contributed by atoms with Crippen LogP contribution in [0.25, 0.3) is 0 Å². The van der Waals surface area contributed by atoms with E-state index in [0.717, 1.165) is 0 Å². The molecule has 20 heavy (non-hydrogen) atoms. The Morgan fingerprint density at radius 3 is 2.45 bits per heavy atom. The smallest absolute Gasteiger partial charge is 0.166 e. The van der Waals surface area contributed by atoms with Gasteiger partial charge in [0, 0.05) is 12.0 Å². The fourth-order valence-electron chi connectivity index (χ4n) is 2.16. The highest BCUT2D eigenvalue weighted by Crippen LogP contribution is 2.35. The van der Waals surface area contributed by atoms with Crippen molar-refractivity contribution in [1.29, 1.82) is 0 Å². The monoisotopic (exact) mass is 276 g/mol. The zero-order valence-electron chi connectivity index (χ0n) is 11.5. The van der Waals surface area contributed by atoms with Crippen LogP contribution in [-0.2, 0) is 6.42 Å². The van der Waals surface area contributed by atoms with E-state index in [1.165, 1.54) is 20.3 Å². The van der Waals surface area contributed by atoms with Crippen LogP contribution in [0.15, 0.2) is 42.5 Å². The van der Waals surface area contributed by atoms with E-state index >= 15 is 0 Å². The second-order valence-electron chi connectivity index (χ2n) is 4.39. The van der Waals surface area contributed by atoms with E-state index in [1.54, 1.807) is 36.4 Å². The van der Waals surface area contributed by atoms with Gasteiger partial charge in [-0.15, -0.1) is 0 Å². The highest BCUT2D eigenvalue weighted by molar-refractivity contribution is 5.48. The third-order valence-electron chi connectivity index (χ3n) is 3.16. The second kappa shape index (κ2) is 6.39. The van der Waals surface area contributed by atoms with Gasteiger partial charge in [0.25, 0.3) is 0 Å². The Balaban J connectivity index is 2.30. The number of methoxy groups -OCH3 is 2. The number of rotatable bonds is 5. The molecular weight excluding hydrogens is 259 g/mol. The number of para-hydroxylation sites is 1. The van der Waals surface area contributed by atoms with E-state index in [2.05, 4.69) is 0 Å². The van der Waals surface area contributed by atoms with Crippen molar-refractivity contribution in [2.24, 2.45) is 0 Å². The predicted molar refractivity (Wildman–Crippen MR) is 74.6 cm³/mol. The average molecular weight is 276 g/mol. The summed E-state index contributed by atoms with van der Waals surface area (Å²) in [4.78, 5) is 0. The minimum absolute atomic E-state index is 0.177. The summed E-state index contributed by atoms with van der Waals surface area (Å²) >= 11 is 0. The maximum absolute atomic E-state index is 13.6. The van der Waals surface area contributed by atoms with Crippen LogP contribution in [0.1, 0.15) is 17.2 Å². The summed E-state index contributed by atoms with van der Waals surface area (Å²) in [7, 11) is 3.04. The van der Waals surface area contributed by atoms with Crippen LogP contribution >= 0.6 is 0 Å². The lowest BCUT2D eigenvalue weighted by molar-refractivity contribution is 0.171. The first-order valence-electron chi connectivity index (χ1n) is 6.29. The van der Waals surface area contributed by atoms with Crippen molar-refractivity contribution in [2.75, 3.05) is 14.2 Å². The molecule has 0 radical (unpaired) electrons. The molecule has 0 aromatic heterocycles. The fourth-order valence-corrected chi connectivity index (χ4v) is 2.16. The molecule has 1 unspecified atom stereocenters. The quantitative estimate of drug-likeness (QED) is 0.912. The summed E-state index contributed by atoms with van der Waals surface area (Å²) in [5.74, 6) is 0.685. The summed E-state index contributed by atoms with van der Waals surface area (Å²) in [6.45, 7) is 0. The van der Waals surface area contributed by atoms with E-state index in [-0.39, 0.29) is 12.2 Å². The molecular formula is C16H17FO3. The van der Waals surface area contributed by atoms with Crippen molar-refractivity contribution in [1.82, 2.24) is 0 Å². The molecule has 0 aliphatic heterocycles. The maximum atomic E-state index is 13.6. The molecule has 0 aliphatic carbocycles. The molecule has 2 rings (SSSR count). The van der Waals surface area contributed by atoms with Gasteiger partial charge in [-0.2, -0.15) is 0 Å². The van der Waals surface area contributed by atoms with E-state index in [4.69, 9.17) is 9.47 Å². The largest absolute Gasteiger partial charge is 0.493 e. The first-order chi connectivity index (χ1) is 9.67. The molecule has 0 saturated carbocycles. The number of benzene rings is 2. The molecule has 3 nitrogen and oxygen atoms in total. The standard InChI is InChI=1S/C16H17FO3/c1-19-15-9-5-7-12(16(15)20-2)14(18)10-11-6-3-4-8-13(11)17/h3-9,14,18H,10H2,1-2H3. The Hall–Kier alpha value is -2.07. The Bertz CT molecular complexity index is 584. The summed E-state index contributed by atoms with van der Waals surface area (Å²) < 4.78 is 24.1. The molecule has 0 saturated heterocycles. The Kier molecular flexibility index (Phi) is 4.58. The fraction of sp³-hybridized carbons (Fsp3) is 0.250. The van der Waals surface area contributed by atoms with Gasteiger partial charge in [0.1, 0.15) is 5.82 Å². The third-order valence-corrected chi connectivity index (χ3v) is 3.16. The molecule has 0 fully saturated rings. The molecule has 0 bridgehead atoms. The number of ether oxygens (including phenoxy) is 2. The number of aliphatic hydroxyl groups is 1. The van der Waals surface area contributed by atoms with E-state index in [0.29, 0.717) is 22.6 Å². The average Bonchev–Trinajstić information content (AvgIpc) is 2.48. The lowest BCUT2D eigenvalue weighted by Gasteiger charge is -2.17. The molecule has 106 valence electrons. The highest BCUT2D eigenvalue weighted by Gasteiger charge is 2.18. The van der Waals surface area contributed by atoms with Gasteiger partial charge in [-0.25, -0.2) is 4.39 Å². The Morgan fingerprint density at radius 2 is 1.80 bits per heavy atom. The third kappa shape index (κ3) is 2.91. The van der Waals surface area contributed by atoms with Crippen molar-refractivity contribution in [3.05, 3.63) is 59.4 Å². The van der Waals surface area contributed by atoms with Crippen molar-refractivity contribution < 1.29 is 19.0 Å². The van der Waals surface area contributed by atoms with Crippen LogP contribution in [0.2, 0.25) is 0 Å². The predicted octanol–water partition coefficient (Wildman–Crippen LogP) is 3.12.